The number of amides is 1. The molecule has 1 amide bonds. The van der Waals surface area contributed by atoms with E-state index < -0.39 is 5.91 Å². The number of primary amides is 1. The quantitative estimate of drug-likeness (QED) is 0.810. The SMILES string of the molecule is CN(Cc1cccnc1)c1ccc(N)cc1C(N)=O. The highest BCUT2D eigenvalue weighted by Gasteiger charge is 2.12. The van der Waals surface area contributed by atoms with Crippen LogP contribution in [0.1, 0.15) is 15.9 Å². The number of benzene rings is 1. The van der Waals surface area contributed by atoms with Crippen LogP contribution in [-0.2, 0) is 6.54 Å². The van der Waals surface area contributed by atoms with Gasteiger partial charge in [0.05, 0.1) is 5.56 Å². The molecule has 1 heterocycles. The van der Waals surface area contributed by atoms with Crippen LogP contribution in [0.15, 0.2) is 42.7 Å². The van der Waals surface area contributed by atoms with Crippen LogP contribution >= 0.6 is 0 Å². The number of nitrogen functional groups attached to an aromatic ring is 1. The Morgan fingerprint density at radius 3 is 2.79 bits per heavy atom. The van der Waals surface area contributed by atoms with E-state index in [1.165, 1.54) is 0 Å². The highest BCUT2D eigenvalue weighted by molar-refractivity contribution is 5.99. The summed E-state index contributed by atoms with van der Waals surface area (Å²) in [5.41, 5.74) is 13.8. The van der Waals surface area contributed by atoms with Crippen molar-refractivity contribution in [2.45, 2.75) is 6.54 Å². The number of hydrogen-bond acceptors (Lipinski definition) is 4. The first-order chi connectivity index (χ1) is 9.08. The van der Waals surface area contributed by atoms with Gasteiger partial charge in [-0.15, -0.1) is 0 Å². The van der Waals surface area contributed by atoms with Crippen LogP contribution in [0.3, 0.4) is 0 Å². The normalized spacial score (nSPS) is 10.2. The van der Waals surface area contributed by atoms with Crippen molar-refractivity contribution < 1.29 is 4.79 Å². The first kappa shape index (κ1) is 12.9. The van der Waals surface area contributed by atoms with Crippen molar-refractivity contribution in [3.05, 3.63) is 53.9 Å². The Bertz CT molecular complexity index is 583. The molecule has 5 nitrogen and oxygen atoms in total. The number of nitrogens with two attached hydrogens (primary N) is 2. The van der Waals surface area contributed by atoms with Gasteiger partial charge < -0.3 is 16.4 Å². The standard InChI is InChI=1S/C14H16N4O/c1-18(9-10-3-2-6-17-8-10)13-5-4-11(15)7-12(13)14(16)19/h2-8H,9,15H2,1H3,(H2,16,19). The van der Waals surface area contributed by atoms with Crippen molar-refractivity contribution >= 4 is 17.3 Å². The van der Waals surface area contributed by atoms with E-state index in [9.17, 15) is 4.79 Å². The van der Waals surface area contributed by atoms with Crippen molar-refractivity contribution in [2.24, 2.45) is 5.73 Å². The van der Waals surface area contributed by atoms with Crippen LogP contribution < -0.4 is 16.4 Å². The number of nitrogens with zero attached hydrogens (tertiary/aromatic N) is 2. The third kappa shape index (κ3) is 3.01. The van der Waals surface area contributed by atoms with Gasteiger partial charge in [0.15, 0.2) is 0 Å². The molecule has 1 aromatic carbocycles. The van der Waals surface area contributed by atoms with E-state index in [4.69, 9.17) is 11.5 Å². The summed E-state index contributed by atoms with van der Waals surface area (Å²) < 4.78 is 0. The molecule has 4 N–H and O–H groups in total. The van der Waals surface area contributed by atoms with Gasteiger partial charge in [0.1, 0.15) is 0 Å². The lowest BCUT2D eigenvalue weighted by Crippen LogP contribution is -2.22. The zero-order chi connectivity index (χ0) is 13.8. The molecule has 0 aliphatic carbocycles. The summed E-state index contributed by atoms with van der Waals surface area (Å²) in [6.45, 7) is 0.637. The Labute approximate surface area is 111 Å². The van der Waals surface area contributed by atoms with Gasteiger partial charge in [-0.1, -0.05) is 6.07 Å². The lowest BCUT2D eigenvalue weighted by atomic mass is 10.1. The molecule has 1 aromatic heterocycles. The van der Waals surface area contributed by atoms with Crippen molar-refractivity contribution in [1.82, 2.24) is 4.98 Å². The average molecular weight is 256 g/mol. The molecule has 0 aliphatic rings. The fraction of sp³-hybridized carbons (Fsp3) is 0.143. The van der Waals surface area contributed by atoms with Gasteiger partial charge in [-0.05, 0) is 29.8 Å². The lowest BCUT2D eigenvalue weighted by molar-refractivity contribution is 0.100. The number of aromatic nitrogens is 1. The van der Waals surface area contributed by atoms with E-state index in [0.717, 1.165) is 11.3 Å². The molecule has 98 valence electrons. The van der Waals surface area contributed by atoms with Crippen LogP contribution in [0.4, 0.5) is 11.4 Å². The van der Waals surface area contributed by atoms with Crippen LogP contribution in [0.5, 0.6) is 0 Å². The molecule has 0 saturated heterocycles. The molecule has 5 heteroatoms. The maximum atomic E-state index is 11.5. The summed E-state index contributed by atoms with van der Waals surface area (Å²) in [5.74, 6) is -0.486. The minimum Gasteiger partial charge on any atom is -0.399 e. The molecule has 2 rings (SSSR count). The van der Waals surface area contributed by atoms with E-state index in [1.807, 2.05) is 24.1 Å². The van der Waals surface area contributed by atoms with Crippen LogP contribution in [0.25, 0.3) is 0 Å². The zero-order valence-electron chi connectivity index (χ0n) is 10.7. The van der Waals surface area contributed by atoms with Crippen molar-refractivity contribution in [2.75, 3.05) is 17.7 Å². The van der Waals surface area contributed by atoms with Crippen LogP contribution in [0, 0.1) is 0 Å². The molecular weight excluding hydrogens is 240 g/mol. The van der Waals surface area contributed by atoms with Gasteiger partial charge in [-0.3, -0.25) is 9.78 Å². The first-order valence-corrected chi connectivity index (χ1v) is 5.87. The fourth-order valence-corrected chi connectivity index (χ4v) is 1.93. The first-order valence-electron chi connectivity index (χ1n) is 5.87. The molecule has 0 bridgehead atoms. The summed E-state index contributed by atoms with van der Waals surface area (Å²) in [7, 11) is 1.89. The Kier molecular flexibility index (Phi) is 3.66. The van der Waals surface area contributed by atoms with Gasteiger partial charge in [0.25, 0.3) is 5.91 Å². The summed E-state index contributed by atoms with van der Waals surface area (Å²) >= 11 is 0. The van der Waals surface area contributed by atoms with Crippen molar-refractivity contribution in [3.63, 3.8) is 0 Å². The van der Waals surface area contributed by atoms with Gasteiger partial charge >= 0.3 is 0 Å². The molecule has 19 heavy (non-hydrogen) atoms. The number of pyridine rings is 1. The minimum atomic E-state index is -0.486. The number of hydrogen-bond donors (Lipinski definition) is 2. The topological polar surface area (TPSA) is 85.2 Å². The third-order valence-electron chi connectivity index (χ3n) is 2.84. The second kappa shape index (κ2) is 5.39. The zero-order valence-corrected chi connectivity index (χ0v) is 10.7. The summed E-state index contributed by atoms with van der Waals surface area (Å²) in [6, 6.07) is 9.00. The van der Waals surface area contributed by atoms with E-state index in [1.54, 1.807) is 30.6 Å². The maximum Gasteiger partial charge on any atom is 0.250 e. The van der Waals surface area contributed by atoms with Crippen molar-refractivity contribution in [3.8, 4) is 0 Å². The van der Waals surface area contributed by atoms with Gasteiger partial charge in [-0.2, -0.15) is 0 Å². The highest BCUT2D eigenvalue weighted by atomic mass is 16.1. The van der Waals surface area contributed by atoms with E-state index in [0.29, 0.717) is 17.8 Å². The van der Waals surface area contributed by atoms with Crippen molar-refractivity contribution in [1.29, 1.82) is 0 Å². The number of carbonyl (C=O) groups excluding carboxylic acids is 1. The summed E-state index contributed by atoms with van der Waals surface area (Å²) in [6.07, 6.45) is 3.51. The van der Waals surface area contributed by atoms with E-state index >= 15 is 0 Å². The van der Waals surface area contributed by atoms with Crippen LogP contribution in [0.2, 0.25) is 0 Å². The second-order valence-corrected chi connectivity index (χ2v) is 4.36. The van der Waals surface area contributed by atoms with Crippen LogP contribution in [-0.4, -0.2) is 17.9 Å². The predicted molar refractivity (Wildman–Crippen MR) is 75.7 cm³/mol. The third-order valence-corrected chi connectivity index (χ3v) is 2.84. The second-order valence-electron chi connectivity index (χ2n) is 4.36. The fourth-order valence-electron chi connectivity index (χ4n) is 1.93. The highest BCUT2D eigenvalue weighted by Crippen LogP contribution is 2.23. The number of anilines is 2. The number of carbonyl (C=O) groups is 1. The monoisotopic (exact) mass is 256 g/mol. The number of rotatable bonds is 4. The molecule has 0 atom stereocenters. The van der Waals surface area contributed by atoms with E-state index in [-0.39, 0.29) is 0 Å². The Morgan fingerprint density at radius 2 is 2.16 bits per heavy atom. The Balaban J connectivity index is 2.28. The Hall–Kier alpha value is -2.56. The average Bonchev–Trinajstić information content (AvgIpc) is 2.39. The molecule has 0 radical (unpaired) electrons. The lowest BCUT2D eigenvalue weighted by Gasteiger charge is -2.21. The molecule has 0 fully saturated rings. The Morgan fingerprint density at radius 1 is 1.37 bits per heavy atom. The van der Waals surface area contributed by atoms with Gasteiger partial charge in [0.2, 0.25) is 0 Å². The summed E-state index contributed by atoms with van der Waals surface area (Å²) in [5, 5.41) is 0. The molecule has 0 unspecified atom stereocenters. The molecule has 0 saturated carbocycles. The minimum absolute atomic E-state index is 0.423. The largest absolute Gasteiger partial charge is 0.399 e. The predicted octanol–water partition coefficient (Wildman–Crippen LogP) is 1.40. The maximum absolute atomic E-state index is 11.5. The van der Waals surface area contributed by atoms with Gasteiger partial charge in [-0.25, -0.2) is 0 Å². The molecular formula is C14H16N4O. The molecule has 0 spiro atoms. The molecule has 0 aliphatic heterocycles. The van der Waals surface area contributed by atoms with E-state index in [2.05, 4.69) is 4.98 Å². The smallest absolute Gasteiger partial charge is 0.250 e. The van der Waals surface area contributed by atoms with Gasteiger partial charge in [0, 0.05) is 37.4 Å². The summed E-state index contributed by atoms with van der Waals surface area (Å²) in [4.78, 5) is 17.5. The molecule has 2 aromatic rings.